The number of hydrogen-bond donors (Lipinski definition) is 0. The van der Waals surface area contributed by atoms with Crippen LogP contribution in [0.1, 0.15) is 48.9 Å². The van der Waals surface area contributed by atoms with Crippen molar-refractivity contribution in [1.82, 2.24) is 4.98 Å². The summed E-state index contributed by atoms with van der Waals surface area (Å²) in [7, 11) is 0. The number of carbonyl (C=O) groups excluding carboxylic acids is 2. The Hall–Kier alpha value is -2.37. The molecule has 2 aromatic carbocycles. The van der Waals surface area contributed by atoms with E-state index in [0.717, 1.165) is 38.9 Å². The smallest absolute Gasteiger partial charge is 0.300 e. The average molecular weight is 635 g/mol. The van der Waals surface area contributed by atoms with Gasteiger partial charge in [0, 0.05) is 31.9 Å². The van der Waals surface area contributed by atoms with Crippen LogP contribution in [-0.2, 0) is 36.1 Å². The zero-order valence-corrected chi connectivity index (χ0v) is 21.7. The van der Waals surface area contributed by atoms with E-state index in [9.17, 15) is 22.8 Å². The largest absolute Gasteiger partial charge is 0.389 e. The Morgan fingerprint density at radius 1 is 1.00 bits per heavy atom. The van der Waals surface area contributed by atoms with Gasteiger partial charge < -0.3 is 0 Å². The second-order valence-electron chi connectivity index (χ2n) is 8.09. The Morgan fingerprint density at radius 3 is 2.15 bits per heavy atom. The predicted octanol–water partition coefficient (Wildman–Crippen LogP) is 6.67. The number of fused-ring (bicyclic) bond motifs is 1. The van der Waals surface area contributed by atoms with E-state index in [1.807, 2.05) is 45.0 Å². The number of halogens is 3. The maximum atomic E-state index is 12.6. The van der Waals surface area contributed by atoms with Crippen molar-refractivity contribution in [1.29, 1.82) is 0 Å². The first-order chi connectivity index (χ1) is 14.9. The Balaban J connectivity index is 0.000000595. The number of nitrogens with zero attached hydrogens (tertiary/aromatic N) is 1. The molecule has 0 amide bonds. The van der Waals surface area contributed by atoms with Gasteiger partial charge in [-0.1, -0.05) is 32.0 Å². The summed E-state index contributed by atoms with van der Waals surface area (Å²) in [4.78, 5) is 24.7. The number of ketones is 2. The summed E-state index contributed by atoms with van der Waals surface area (Å²) in [6.07, 6.45) is -4.92. The number of aryl methyl sites for hydroxylation is 4. The molecule has 0 saturated carbocycles. The molecule has 1 radical (unpaired) electrons. The summed E-state index contributed by atoms with van der Waals surface area (Å²) in [5.41, 5.74) is 6.22. The van der Waals surface area contributed by atoms with Crippen molar-refractivity contribution < 1.29 is 42.9 Å². The van der Waals surface area contributed by atoms with Crippen LogP contribution in [0.15, 0.2) is 36.4 Å². The Bertz CT molecular complexity index is 1110. The first kappa shape index (κ1) is 28.7. The molecule has 0 atom stereocenters. The van der Waals surface area contributed by atoms with E-state index < -0.39 is 12.6 Å². The molecule has 33 heavy (non-hydrogen) atoms. The third kappa shape index (κ3) is 9.18. The molecular weight excluding hydrogens is 608 g/mol. The molecule has 0 N–H and O–H groups in total. The van der Waals surface area contributed by atoms with Gasteiger partial charge in [0.25, 0.3) is 0 Å². The van der Waals surface area contributed by atoms with Gasteiger partial charge in [0.1, 0.15) is 11.6 Å². The fraction of sp³-hybridized carbons (Fsp3) is 0.346. The molecule has 0 aliphatic heterocycles. The molecule has 1 heterocycles. The Kier molecular flexibility index (Phi) is 10.6. The van der Waals surface area contributed by atoms with Gasteiger partial charge in [-0.15, -0.1) is 34.9 Å². The van der Waals surface area contributed by atoms with Crippen molar-refractivity contribution in [3.8, 4) is 11.3 Å². The van der Waals surface area contributed by atoms with Crippen LogP contribution >= 0.6 is 0 Å². The maximum Gasteiger partial charge on any atom is 0.389 e. The van der Waals surface area contributed by atoms with Crippen LogP contribution in [0, 0.1) is 26.8 Å². The molecule has 0 aliphatic rings. The SMILES string of the molecule is CC(=O)CC(C)=O.Cc1[c-]c(-c2cc(C)c3c(CCC(F)(F)F)cccc3n2)cc(C)c1.[Ir]. The molecular formula is C26H27F3IrNO2-. The summed E-state index contributed by atoms with van der Waals surface area (Å²) >= 11 is 0. The number of hydrogen-bond acceptors (Lipinski definition) is 3. The number of Topliss-reactive ketones (excluding diaryl/α,β-unsaturated/α-hetero) is 2. The molecule has 3 nitrogen and oxygen atoms in total. The molecule has 0 spiro atoms. The Labute approximate surface area is 206 Å². The van der Waals surface area contributed by atoms with E-state index in [4.69, 9.17) is 0 Å². The monoisotopic (exact) mass is 635 g/mol. The number of rotatable bonds is 5. The van der Waals surface area contributed by atoms with Crippen LogP contribution in [0.5, 0.6) is 0 Å². The van der Waals surface area contributed by atoms with Crippen molar-refractivity contribution >= 4 is 22.5 Å². The number of alkyl halides is 3. The minimum atomic E-state index is -4.16. The second kappa shape index (κ2) is 12.2. The number of benzene rings is 2. The van der Waals surface area contributed by atoms with Crippen LogP contribution in [0.4, 0.5) is 13.2 Å². The van der Waals surface area contributed by atoms with Gasteiger partial charge in [-0.25, -0.2) is 0 Å². The van der Waals surface area contributed by atoms with Crippen LogP contribution in [0.2, 0.25) is 0 Å². The van der Waals surface area contributed by atoms with Crippen molar-refractivity contribution in [2.75, 3.05) is 0 Å². The molecule has 0 fully saturated rings. The number of pyridine rings is 1. The quantitative estimate of drug-likeness (QED) is 0.233. The molecule has 0 unspecified atom stereocenters. The summed E-state index contributed by atoms with van der Waals surface area (Å²) < 4.78 is 37.7. The van der Waals surface area contributed by atoms with E-state index in [1.54, 1.807) is 12.1 Å². The fourth-order valence-electron chi connectivity index (χ4n) is 3.58. The molecule has 3 rings (SSSR count). The van der Waals surface area contributed by atoms with Gasteiger partial charge in [0.05, 0.1) is 11.9 Å². The van der Waals surface area contributed by atoms with Gasteiger partial charge in [-0.2, -0.15) is 13.2 Å². The predicted molar refractivity (Wildman–Crippen MR) is 121 cm³/mol. The number of carbonyl (C=O) groups is 2. The van der Waals surface area contributed by atoms with E-state index in [1.165, 1.54) is 13.8 Å². The first-order valence-corrected chi connectivity index (χ1v) is 10.3. The Morgan fingerprint density at radius 2 is 1.64 bits per heavy atom. The maximum absolute atomic E-state index is 12.6. The van der Waals surface area contributed by atoms with E-state index in [2.05, 4.69) is 11.1 Å². The van der Waals surface area contributed by atoms with Gasteiger partial charge >= 0.3 is 6.18 Å². The van der Waals surface area contributed by atoms with Crippen LogP contribution in [-0.4, -0.2) is 22.7 Å². The molecule has 0 saturated heterocycles. The van der Waals surface area contributed by atoms with Gasteiger partial charge in [-0.05, 0) is 50.1 Å². The molecule has 0 bridgehead atoms. The summed E-state index contributed by atoms with van der Waals surface area (Å²) in [6, 6.07) is 14.7. The summed E-state index contributed by atoms with van der Waals surface area (Å²) in [5.74, 6) is -0.125. The third-order valence-electron chi connectivity index (χ3n) is 4.72. The summed E-state index contributed by atoms with van der Waals surface area (Å²) in [6.45, 7) is 8.74. The molecule has 7 heteroatoms. The molecule has 1 aromatic heterocycles. The van der Waals surface area contributed by atoms with Crippen molar-refractivity contribution in [2.45, 2.75) is 60.1 Å². The van der Waals surface area contributed by atoms with Gasteiger partial charge in [-0.3, -0.25) is 14.6 Å². The average Bonchev–Trinajstić information content (AvgIpc) is 2.64. The minimum absolute atomic E-state index is 0. The molecule has 3 aromatic rings. The molecule has 0 aliphatic carbocycles. The topological polar surface area (TPSA) is 47.0 Å². The molecule has 179 valence electrons. The van der Waals surface area contributed by atoms with Gasteiger partial charge in [0.15, 0.2) is 0 Å². The minimum Gasteiger partial charge on any atom is -0.300 e. The number of aromatic nitrogens is 1. The van der Waals surface area contributed by atoms with E-state index in [0.29, 0.717) is 5.56 Å². The van der Waals surface area contributed by atoms with Crippen molar-refractivity contribution in [3.05, 3.63) is 64.7 Å². The van der Waals surface area contributed by atoms with Crippen LogP contribution in [0.25, 0.3) is 22.2 Å². The van der Waals surface area contributed by atoms with Crippen molar-refractivity contribution in [3.63, 3.8) is 0 Å². The third-order valence-corrected chi connectivity index (χ3v) is 4.72. The van der Waals surface area contributed by atoms with Crippen LogP contribution in [0.3, 0.4) is 0 Å². The zero-order valence-electron chi connectivity index (χ0n) is 19.3. The van der Waals surface area contributed by atoms with Crippen LogP contribution < -0.4 is 0 Å². The standard InChI is InChI=1S/C21H19F3N.C5H8O2.Ir/c1-13-9-14(2)11-17(10-13)19-12-15(3)20-16(7-8-21(22,23)24)5-4-6-18(20)25-19;1-4(6)3-5(2)7;/h4-6,9-10,12H,7-8H2,1-3H3;3H2,1-2H3;/q-1;;. The second-order valence-corrected chi connectivity index (χ2v) is 8.09. The van der Waals surface area contributed by atoms with E-state index >= 15 is 0 Å². The van der Waals surface area contributed by atoms with Crippen molar-refractivity contribution in [2.24, 2.45) is 0 Å². The van der Waals surface area contributed by atoms with E-state index in [-0.39, 0.29) is 44.5 Å². The first-order valence-electron chi connectivity index (χ1n) is 10.3. The van der Waals surface area contributed by atoms with Gasteiger partial charge in [0.2, 0.25) is 0 Å². The zero-order chi connectivity index (χ0) is 24.1. The normalized spacial score (nSPS) is 10.8. The fourth-order valence-corrected chi connectivity index (χ4v) is 3.58. The summed E-state index contributed by atoms with van der Waals surface area (Å²) in [5, 5.41) is 0.819.